The number of nitrogens with one attached hydrogen (secondary N) is 4. The lowest BCUT2D eigenvalue weighted by atomic mass is 9.93. The number of hydrogen-bond acceptors (Lipinski definition) is 14. The van der Waals surface area contributed by atoms with Gasteiger partial charge in [0.05, 0.1) is 42.6 Å². The van der Waals surface area contributed by atoms with Crippen LogP contribution in [0, 0.1) is 33.5 Å². The van der Waals surface area contributed by atoms with E-state index in [9.17, 15) is 35.5 Å². The number of H-pyrrole nitrogens is 2. The number of amidine groups is 2. The van der Waals surface area contributed by atoms with E-state index < -0.39 is 68.9 Å². The van der Waals surface area contributed by atoms with Gasteiger partial charge in [0.25, 0.3) is 0 Å². The zero-order valence-corrected chi connectivity index (χ0v) is 39.7. The summed E-state index contributed by atoms with van der Waals surface area (Å²) < 4.78 is 43.2. The molecular formula is C46H73N10O10P. The zero-order valence-electron chi connectivity index (χ0n) is 38.8. The molecule has 0 bridgehead atoms. The van der Waals surface area contributed by atoms with Gasteiger partial charge in [-0.2, -0.15) is 10.5 Å². The number of nitriles is 2. The van der Waals surface area contributed by atoms with Crippen molar-refractivity contribution in [2.45, 2.75) is 183 Å². The fourth-order valence-corrected chi connectivity index (χ4v) is 9.67. The Morgan fingerprint density at radius 2 is 1.00 bits per heavy atom. The number of phosphoric acid groups is 1. The van der Waals surface area contributed by atoms with Crippen molar-refractivity contribution < 1.29 is 48.0 Å². The van der Waals surface area contributed by atoms with E-state index >= 15 is 0 Å². The molecule has 0 amide bonds. The molecule has 67 heavy (non-hydrogen) atoms. The van der Waals surface area contributed by atoms with Crippen molar-refractivity contribution in [1.82, 2.24) is 9.97 Å². The maximum atomic E-state index is 14.3. The highest BCUT2D eigenvalue weighted by molar-refractivity contribution is 7.48. The van der Waals surface area contributed by atoms with E-state index in [2.05, 4.69) is 26.9 Å². The highest BCUT2D eigenvalue weighted by atomic mass is 31.2. The first kappa shape index (κ1) is 55.3. The third-order valence-corrected chi connectivity index (χ3v) is 13.9. The van der Waals surface area contributed by atoms with Crippen LogP contribution in [0.25, 0.3) is 0 Å². The largest absolute Gasteiger partial charge is 0.474 e. The summed E-state index contributed by atoms with van der Waals surface area (Å²) >= 11 is 0. The second-order valence-corrected chi connectivity index (χ2v) is 19.0. The van der Waals surface area contributed by atoms with Crippen LogP contribution in [-0.2, 0) is 38.8 Å². The molecule has 2 aliphatic rings. The first-order valence-corrected chi connectivity index (χ1v) is 25.3. The van der Waals surface area contributed by atoms with Gasteiger partial charge >= 0.3 is 7.82 Å². The quantitative estimate of drug-likeness (QED) is 0.0159. The van der Waals surface area contributed by atoms with Crippen LogP contribution in [0.2, 0.25) is 0 Å². The predicted molar refractivity (Wildman–Crippen MR) is 252 cm³/mol. The lowest BCUT2D eigenvalue weighted by Crippen LogP contribution is -2.40. The maximum absolute atomic E-state index is 14.3. The van der Waals surface area contributed by atoms with Crippen LogP contribution < -0.4 is 11.5 Å². The Labute approximate surface area is 394 Å². The molecule has 21 heteroatoms. The minimum absolute atomic E-state index is 0.0169. The van der Waals surface area contributed by atoms with Gasteiger partial charge in [-0.15, -0.1) is 0 Å². The summed E-state index contributed by atoms with van der Waals surface area (Å²) in [6.07, 6.45) is 15.6. The minimum Gasteiger partial charge on any atom is -0.387 e. The SMILES string of the molecule is CCCCCCCCCCCCCCCCCCCCCCOP(=O)(OCC1OC(C#N)(c2ccc(C(N)=NC=N)[nH]2)C(O)C1O)OCC1OC(C#N)(c2ccc(C(N)=NC=N)[nH]2)C(O)C1O. The van der Waals surface area contributed by atoms with E-state index in [-0.39, 0.29) is 41.1 Å². The van der Waals surface area contributed by atoms with Crippen molar-refractivity contribution in [3.63, 3.8) is 0 Å². The van der Waals surface area contributed by atoms with Gasteiger partial charge in [-0.3, -0.25) is 24.4 Å². The molecule has 12 N–H and O–H groups in total. The molecule has 0 aromatic carbocycles. The van der Waals surface area contributed by atoms with E-state index in [1.54, 1.807) is 0 Å². The van der Waals surface area contributed by atoms with Gasteiger partial charge in [-0.05, 0) is 30.7 Å². The lowest BCUT2D eigenvalue weighted by Gasteiger charge is -2.24. The smallest absolute Gasteiger partial charge is 0.387 e. The number of nitrogens with zero attached hydrogens (tertiary/aromatic N) is 4. The number of nitrogens with two attached hydrogens (primary N) is 2. The standard InChI is InChI=1S/C46H73N10O10P/c1-2-3-4-5-6-7-8-9-10-11-12-13-14-15-16-17-18-19-20-21-26-62-67(61,63-27-35-39(57)41(59)45(29-47,65-35)37-24-22-33(55-37)43(51)53-31-49)64-28-36-40(58)42(60)46(30-48,66-36)38-25-23-34(56-38)44(52)54-32-50/h22-25,31-32,35-36,39-42,55-60H,2-21,26-28H2,1H3,(H3,49,51,53)(H3,50,52,54). The summed E-state index contributed by atoms with van der Waals surface area (Å²) in [7, 11) is -4.62. The Morgan fingerprint density at radius 3 is 1.33 bits per heavy atom. The third kappa shape index (κ3) is 15.3. The monoisotopic (exact) mass is 957 g/mol. The number of aliphatic imine (C=N–C) groups is 2. The van der Waals surface area contributed by atoms with Gasteiger partial charge in [0.2, 0.25) is 11.2 Å². The molecule has 2 aromatic rings. The first-order valence-electron chi connectivity index (χ1n) is 23.8. The molecule has 2 aromatic heterocycles. The summed E-state index contributed by atoms with van der Waals surface area (Å²) in [5.41, 5.74) is 7.89. The van der Waals surface area contributed by atoms with Gasteiger partial charge in [0.15, 0.2) is 0 Å². The second kappa shape index (κ2) is 28.2. The molecule has 0 radical (unpaired) electrons. The third-order valence-electron chi connectivity index (χ3n) is 12.4. The molecule has 0 spiro atoms. The van der Waals surface area contributed by atoms with E-state index in [0.717, 1.165) is 38.4 Å². The van der Waals surface area contributed by atoms with Crippen molar-refractivity contribution in [3.8, 4) is 12.1 Å². The number of unbranched alkanes of at least 4 members (excludes halogenated alkanes) is 19. The molecule has 372 valence electrons. The summed E-state index contributed by atoms with van der Waals surface area (Å²) in [5, 5.41) is 79.1. The topological polar surface area (TPSA) is 348 Å². The number of aliphatic hydroxyl groups excluding tert-OH is 4. The van der Waals surface area contributed by atoms with Crippen molar-refractivity contribution in [3.05, 3.63) is 47.0 Å². The normalized spacial score (nSPS) is 26.3. The number of aliphatic hydroxyl groups is 4. The Kier molecular flexibility index (Phi) is 23.3. The molecule has 2 fully saturated rings. The molecule has 2 aliphatic heterocycles. The van der Waals surface area contributed by atoms with E-state index in [0.29, 0.717) is 6.42 Å². The summed E-state index contributed by atoms with van der Waals surface area (Å²) in [6, 6.07) is 9.49. The molecule has 0 saturated carbocycles. The van der Waals surface area contributed by atoms with Crippen LogP contribution in [0.4, 0.5) is 0 Å². The molecule has 20 nitrogen and oxygen atoms in total. The van der Waals surface area contributed by atoms with Crippen molar-refractivity contribution in [2.75, 3.05) is 19.8 Å². The van der Waals surface area contributed by atoms with E-state index in [1.807, 2.05) is 12.1 Å². The zero-order chi connectivity index (χ0) is 48.7. The second-order valence-electron chi connectivity index (χ2n) is 17.3. The number of rotatable bonds is 34. The Bertz CT molecular complexity index is 1900. The van der Waals surface area contributed by atoms with Gasteiger partial charge < -0.3 is 51.3 Å². The number of aromatic amines is 2. The van der Waals surface area contributed by atoms with Crippen LogP contribution in [0.1, 0.15) is 158 Å². The van der Waals surface area contributed by atoms with Crippen molar-refractivity contribution in [1.29, 1.82) is 21.3 Å². The number of hydrogen-bond donors (Lipinski definition) is 10. The minimum atomic E-state index is -4.62. The molecular weight excluding hydrogens is 884 g/mol. The van der Waals surface area contributed by atoms with Crippen LogP contribution in [-0.4, -0.2) is 111 Å². The summed E-state index contributed by atoms with van der Waals surface area (Å²) in [5.74, 6) is -0.158. The fraction of sp³-hybridized carbons (Fsp3) is 0.696. The average Bonchev–Trinajstić information content (AvgIpc) is 4.13. The average molecular weight is 957 g/mol. The number of phosphoric ester groups is 1. The van der Waals surface area contributed by atoms with Crippen LogP contribution >= 0.6 is 7.82 Å². The van der Waals surface area contributed by atoms with E-state index in [1.165, 1.54) is 121 Å². The molecule has 8 unspecified atom stereocenters. The molecule has 8 atom stereocenters. The lowest BCUT2D eigenvalue weighted by molar-refractivity contribution is -0.0731. The van der Waals surface area contributed by atoms with Crippen molar-refractivity contribution >= 4 is 32.2 Å². The molecule has 2 saturated heterocycles. The molecule has 0 aliphatic carbocycles. The first-order chi connectivity index (χ1) is 32.3. The Morgan fingerprint density at radius 1 is 0.657 bits per heavy atom. The highest BCUT2D eigenvalue weighted by Crippen LogP contribution is 2.52. The number of aromatic nitrogens is 2. The van der Waals surface area contributed by atoms with Crippen LogP contribution in [0.5, 0.6) is 0 Å². The number of ether oxygens (including phenoxy) is 2. The van der Waals surface area contributed by atoms with Gasteiger partial charge in [0, 0.05) is 0 Å². The van der Waals surface area contributed by atoms with Gasteiger partial charge in [0.1, 0.15) is 73.1 Å². The maximum Gasteiger partial charge on any atom is 0.474 e. The summed E-state index contributed by atoms with van der Waals surface area (Å²) in [6.45, 7) is 0.782. The van der Waals surface area contributed by atoms with Gasteiger partial charge in [-0.1, -0.05) is 129 Å². The Balaban J connectivity index is 1.29. The fourth-order valence-electron chi connectivity index (χ4n) is 8.44. The molecule has 4 rings (SSSR count). The van der Waals surface area contributed by atoms with E-state index in [4.69, 9.17) is 45.3 Å². The Hall–Kier alpha value is -4.31. The summed E-state index contributed by atoms with van der Waals surface area (Å²) in [4.78, 5) is 13.0. The van der Waals surface area contributed by atoms with Crippen molar-refractivity contribution in [2.24, 2.45) is 21.5 Å². The van der Waals surface area contributed by atoms with Crippen LogP contribution in [0.3, 0.4) is 0 Å². The highest BCUT2D eigenvalue weighted by Gasteiger charge is 2.59. The van der Waals surface area contributed by atoms with Crippen LogP contribution in [0.15, 0.2) is 34.3 Å². The molecule has 4 heterocycles. The predicted octanol–water partition coefficient (Wildman–Crippen LogP) is 6.33. The van der Waals surface area contributed by atoms with Gasteiger partial charge in [-0.25, -0.2) is 14.5 Å².